The van der Waals surface area contributed by atoms with E-state index in [9.17, 15) is 4.79 Å². The fourth-order valence-corrected chi connectivity index (χ4v) is 2.17. The first-order valence-corrected chi connectivity index (χ1v) is 4.54. The average Bonchev–Trinajstić information content (AvgIpc) is 2.59. The van der Waals surface area contributed by atoms with Crippen LogP contribution in [0, 0.1) is 5.92 Å². The molecule has 1 heterocycles. The zero-order valence-corrected chi connectivity index (χ0v) is 7.10. The van der Waals surface area contributed by atoms with Crippen molar-refractivity contribution in [3.63, 3.8) is 0 Å². The molecule has 2 nitrogen and oxygen atoms in total. The van der Waals surface area contributed by atoms with Gasteiger partial charge in [-0.05, 0) is 12.3 Å². The maximum atomic E-state index is 10.3. The van der Waals surface area contributed by atoms with Gasteiger partial charge in [0.05, 0.1) is 9.88 Å². The molecule has 0 radical (unpaired) electrons. The van der Waals surface area contributed by atoms with Gasteiger partial charge in [-0.1, -0.05) is 6.92 Å². The highest BCUT2D eigenvalue weighted by molar-refractivity contribution is 7.13. The van der Waals surface area contributed by atoms with Crippen molar-refractivity contribution in [2.75, 3.05) is 0 Å². The molecule has 0 aromatic carbocycles. The minimum Gasteiger partial charge on any atom is -0.297 e. The third-order valence-corrected chi connectivity index (χ3v) is 3.14. The highest BCUT2D eigenvalue weighted by Crippen LogP contribution is 2.47. The summed E-state index contributed by atoms with van der Waals surface area (Å²) < 4.78 is 0. The van der Waals surface area contributed by atoms with E-state index in [1.54, 1.807) is 6.20 Å². The maximum Gasteiger partial charge on any atom is 0.161 e. The summed E-state index contributed by atoms with van der Waals surface area (Å²) in [4.78, 5) is 15.3. The van der Waals surface area contributed by atoms with Crippen LogP contribution in [0.1, 0.15) is 33.9 Å². The smallest absolute Gasteiger partial charge is 0.161 e. The minimum absolute atomic E-state index is 0.647. The van der Waals surface area contributed by atoms with E-state index in [1.807, 2.05) is 0 Å². The molecule has 1 aliphatic carbocycles. The number of hydrogen-bond acceptors (Lipinski definition) is 3. The van der Waals surface area contributed by atoms with Crippen LogP contribution in [-0.2, 0) is 0 Å². The molecule has 1 fully saturated rings. The van der Waals surface area contributed by atoms with Gasteiger partial charge in [-0.2, -0.15) is 0 Å². The van der Waals surface area contributed by atoms with Gasteiger partial charge in [0.15, 0.2) is 6.29 Å². The van der Waals surface area contributed by atoms with Crippen LogP contribution < -0.4 is 0 Å². The molecule has 0 aliphatic heterocycles. The Balaban J connectivity index is 2.19. The Bertz CT molecular complexity index is 281. The first-order valence-electron chi connectivity index (χ1n) is 3.72. The summed E-state index contributed by atoms with van der Waals surface area (Å²) in [6.45, 7) is 2.21. The lowest BCUT2D eigenvalue weighted by atomic mass is 10.4. The fraction of sp³-hybridized carbons (Fsp3) is 0.500. The lowest BCUT2D eigenvalue weighted by Gasteiger charge is -1.85. The van der Waals surface area contributed by atoms with Crippen molar-refractivity contribution < 1.29 is 4.79 Å². The molecule has 2 rings (SSSR count). The van der Waals surface area contributed by atoms with Crippen LogP contribution in [-0.4, -0.2) is 11.3 Å². The van der Waals surface area contributed by atoms with Crippen molar-refractivity contribution >= 4 is 17.6 Å². The number of aldehydes is 1. The molecule has 0 amide bonds. The number of rotatable bonds is 2. The largest absolute Gasteiger partial charge is 0.297 e. The Hall–Kier alpha value is -0.700. The van der Waals surface area contributed by atoms with Crippen LogP contribution in [0.3, 0.4) is 0 Å². The molecule has 0 N–H and O–H groups in total. The highest BCUT2D eigenvalue weighted by Gasteiger charge is 2.36. The van der Waals surface area contributed by atoms with E-state index in [-0.39, 0.29) is 0 Å². The molecule has 1 saturated carbocycles. The van der Waals surface area contributed by atoms with Gasteiger partial charge in [-0.25, -0.2) is 4.98 Å². The third-order valence-electron chi connectivity index (χ3n) is 2.08. The predicted octanol–water partition coefficient (Wildman–Crippen LogP) is 2.08. The molecule has 2 atom stereocenters. The summed E-state index contributed by atoms with van der Waals surface area (Å²) in [6, 6.07) is 0. The van der Waals surface area contributed by atoms with Gasteiger partial charge in [0, 0.05) is 12.1 Å². The Morgan fingerprint density at radius 1 is 1.82 bits per heavy atom. The van der Waals surface area contributed by atoms with E-state index < -0.39 is 0 Å². The van der Waals surface area contributed by atoms with Crippen LogP contribution in [0.15, 0.2) is 6.20 Å². The van der Waals surface area contributed by atoms with Crippen molar-refractivity contribution in [3.05, 3.63) is 16.1 Å². The van der Waals surface area contributed by atoms with Crippen molar-refractivity contribution in [2.45, 2.75) is 19.3 Å². The zero-order valence-electron chi connectivity index (χ0n) is 6.28. The zero-order chi connectivity index (χ0) is 7.84. The Kier molecular flexibility index (Phi) is 1.53. The molecule has 1 aliphatic rings. The normalized spacial score (nSPS) is 28.5. The van der Waals surface area contributed by atoms with Crippen LogP contribution in [0.25, 0.3) is 0 Å². The summed E-state index contributed by atoms with van der Waals surface area (Å²) >= 11 is 1.53. The molecule has 1 aromatic heterocycles. The molecule has 0 unspecified atom stereocenters. The molecule has 0 saturated heterocycles. The fourth-order valence-electron chi connectivity index (χ4n) is 1.19. The van der Waals surface area contributed by atoms with Gasteiger partial charge < -0.3 is 0 Å². The highest BCUT2D eigenvalue weighted by atomic mass is 32.1. The monoisotopic (exact) mass is 167 g/mol. The van der Waals surface area contributed by atoms with Gasteiger partial charge >= 0.3 is 0 Å². The second-order valence-electron chi connectivity index (χ2n) is 3.04. The maximum absolute atomic E-state index is 10.3. The Morgan fingerprint density at radius 2 is 2.55 bits per heavy atom. The van der Waals surface area contributed by atoms with Crippen LogP contribution in [0.4, 0.5) is 0 Å². The van der Waals surface area contributed by atoms with Gasteiger partial charge in [0.25, 0.3) is 0 Å². The average molecular weight is 167 g/mol. The van der Waals surface area contributed by atoms with Crippen molar-refractivity contribution in [3.8, 4) is 0 Å². The van der Waals surface area contributed by atoms with Gasteiger partial charge in [-0.15, -0.1) is 11.3 Å². The number of carbonyl (C=O) groups is 1. The van der Waals surface area contributed by atoms with Gasteiger partial charge in [0.2, 0.25) is 0 Å². The topological polar surface area (TPSA) is 30.0 Å². The summed E-state index contributed by atoms with van der Waals surface area (Å²) in [5.74, 6) is 1.43. The number of carbonyl (C=O) groups excluding carboxylic acids is 1. The Morgan fingerprint density at radius 3 is 3.00 bits per heavy atom. The first kappa shape index (κ1) is 6.98. The minimum atomic E-state index is 0.647. The second kappa shape index (κ2) is 2.41. The summed E-state index contributed by atoms with van der Waals surface area (Å²) in [5.41, 5.74) is 0. The van der Waals surface area contributed by atoms with Gasteiger partial charge in [0.1, 0.15) is 0 Å². The van der Waals surface area contributed by atoms with Crippen molar-refractivity contribution in [1.82, 2.24) is 4.98 Å². The Labute approximate surface area is 69.3 Å². The molecule has 0 bridgehead atoms. The quantitative estimate of drug-likeness (QED) is 0.631. The summed E-state index contributed by atoms with van der Waals surface area (Å²) in [5, 5.41) is 1.14. The number of hydrogen-bond donors (Lipinski definition) is 0. The van der Waals surface area contributed by atoms with E-state index in [0.29, 0.717) is 5.92 Å². The lowest BCUT2D eigenvalue weighted by molar-refractivity contribution is 0.112. The van der Waals surface area contributed by atoms with Gasteiger partial charge in [-0.3, -0.25) is 4.79 Å². The van der Waals surface area contributed by atoms with Crippen molar-refractivity contribution in [2.24, 2.45) is 5.92 Å². The summed E-state index contributed by atoms with van der Waals surface area (Å²) in [7, 11) is 0. The van der Waals surface area contributed by atoms with Crippen LogP contribution >= 0.6 is 11.3 Å². The van der Waals surface area contributed by atoms with Crippen LogP contribution in [0.5, 0.6) is 0 Å². The van der Waals surface area contributed by atoms with E-state index in [2.05, 4.69) is 11.9 Å². The third kappa shape index (κ3) is 1.20. The molecule has 58 valence electrons. The van der Waals surface area contributed by atoms with E-state index >= 15 is 0 Å². The standard InChI is InChI=1S/C8H9NOS/c1-5-2-7(5)8-9-3-6(4-10)11-8/h3-5,7H,2H2,1H3/t5-,7-/m0/s1. The van der Waals surface area contributed by atoms with Crippen molar-refractivity contribution in [1.29, 1.82) is 0 Å². The molecule has 1 aromatic rings. The predicted molar refractivity (Wildman–Crippen MR) is 44.0 cm³/mol. The molecular weight excluding hydrogens is 158 g/mol. The SMILES string of the molecule is C[C@H]1C[C@@H]1c1ncc(C=O)s1. The first-order chi connectivity index (χ1) is 5.31. The molecule has 3 heteroatoms. The number of aromatic nitrogens is 1. The second-order valence-corrected chi connectivity index (χ2v) is 4.13. The summed E-state index contributed by atoms with van der Waals surface area (Å²) in [6.07, 6.45) is 3.78. The van der Waals surface area contributed by atoms with E-state index in [0.717, 1.165) is 22.1 Å². The number of nitrogens with zero attached hydrogens (tertiary/aromatic N) is 1. The molecular formula is C8H9NOS. The molecule has 11 heavy (non-hydrogen) atoms. The number of thiazole rings is 1. The lowest BCUT2D eigenvalue weighted by Crippen LogP contribution is -1.75. The van der Waals surface area contributed by atoms with E-state index in [4.69, 9.17) is 0 Å². The van der Waals surface area contributed by atoms with E-state index in [1.165, 1.54) is 17.8 Å². The van der Waals surface area contributed by atoms with Crippen LogP contribution in [0.2, 0.25) is 0 Å². The molecule has 0 spiro atoms.